The summed E-state index contributed by atoms with van der Waals surface area (Å²) in [7, 11) is 0. The molecule has 1 aromatic heterocycles. The van der Waals surface area contributed by atoms with Gasteiger partial charge in [-0.3, -0.25) is 4.79 Å². The van der Waals surface area contributed by atoms with Crippen molar-refractivity contribution < 1.29 is 23.1 Å². The quantitative estimate of drug-likeness (QED) is 0.851. The first-order valence-corrected chi connectivity index (χ1v) is 6.24. The summed E-state index contributed by atoms with van der Waals surface area (Å²) in [5.74, 6) is -0.388. The molecule has 4 nitrogen and oxygen atoms in total. The van der Waals surface area contributed by atoms with E-state index in [1.54, 1.807) is 5.38 Å². The van der Waals surface area contributed by atoms with Crippen molar-refractivity contribution in [2.45, 2.75) is 24.6 Å². The maximum absolute atomic E-state index is 12.6. The number of carbonyl (C=O) groups is 1. The van der Waals surface area contributed by atoms with Crippen LogP contribution in [0.3, 0.4) is 0 Å². The molecular formula is C10H11F3N2O2S. The van der Waals surface area contributed by atoms with Gasteiger partial charge in [0.15, 0.2) is 5.60 Å². The minimum Gasteiger partial charge on any atom is -0.380 e. The van der Waals surface area contributed by atoms with Gasteiger partial charge in [0.25, 0.3) is 5.91 Å². The summed E-state index contributed by atoms with van der Waals surface area (Å²) in [5, 5.41) is 11.0. The van der Waals surface area contributed by atoms with Crippen LogP contribution in [-0.4, -0.2) is 45.8 Å². The van der Waals surface area contributed by atoms with Crippen LogP contribution < -0.4 is 0 Å². The van der Waals surface area contributed by atoms with Crippen molar-refractivity contribution in [3.05, 3.63) is 16.6 Å². The highest BCUT2D eigenvalue weighted by atomic mass is 32.1. The largest absolute Gasteiger partial charge is 0.417 e. The van der Waals surface area contributed by atoms with Gasteiger partial charge in [-0.2, -0.15) is 13.2 Å². The number of piperidine rings is 1. The van der Waals surface area contributed by atoms with Crippen LogP contribution in [0, 0.1) is 0 Å². The molecule has 0 unspecified atom stereocenters. The number of carbonyl (C=O) groups excluding carboxylic acids is 1. The molecule has 2 heterocycles. The van der Waals surface area contributed by atoms with Gasteiger partial charge in [0.2, 0.25) is 0 Å². The van der Waals surface area contributed by atoms with E-state index in [0.29, 0.717) is 0 Å². The molecule has 2 rings (SSSR count). The Bertz CT molecular complexity index is 425. The highest BCUT2D eigenvalue weighted by molar-refractivity contribution is 7.07. The predicted molar refractivity (Wildman–Crippen MR) is 58.3 cm³/mol. The summed E-state index contributed by atoms with van der Waals surface area (Å²) in [6.45, 7) is -0.237. The fraction of sp³-hybridized carbons (Fsp3) is 0.600. The Morgan fingerprint density at radius 2 is 2.06 bits per heavy atom. The lowest BCUT2D eigenvalue weighted by molar-refractivity contribution is -0.271. The minimum absolute atomic E-state index is 0.119. The van der Waals surface area contributed by atoms with Crippen molar-refractivity contribution in [3.63, 3.8) is 0 Å². The molecule has 1 N–H and O–H groups in total. The van der Waals surface area contributed by atoms with Crippen molar-refractivity contribution in [3.8, 4) is 0 Å². The summed E-state index contributed by atoms with van der Waals surface area (Å²) < 4.78 is 37.7. The first kappa shape index (κ1) is 13.3. The van der Waals surface area contributed by atoms with Crippen LogP contribution in [0.15, 0.2) is 10.9 Å². The highest BCUT2D eigenvalue weighted by Crippen LogP contribution is 2.38. The van der Waals surface area contributed by atoms with Crippen LogP contribution in [0.1, 0.15) is 23.3 Å². The van der Waals surface area contributed by atoms with Crippen molar-refractivity contribution in [2.24, 2.45) is 0 Å². The molecule has 1 saturated heterocycles. The van der Waals surface area contributed by atoms with E-state index in [1.165, 1.54) is 21.7 Å². The van der Waals surface area contributed by atoms with Crippen molar-refractivity contribution in [2.75, 3.05) is 13.1 Å². The average Bonchev–Trinajstić information content (AvgIpc) is 2.81. The summed E-state index contributed by atoms with van der Waals surface area (Å²) >= 11 is 1.25. The second-order valence-corrected chi connectivity index (χ2v) is 4.91. The number of aromatic nitrogens is 1. The van der Waals surface area contributed by atoms with Crippen LogP contribution in [0.5, 0.6) is 0 Å². The van der Waals surface area contributed by atoms with E-state index in [-0.39, 0.29) is 24.7 Å². The molecule has 0 radical (unpaired) electrons. The van der Waals surface area contributed by atoms with Gasteiger partial charge in [-0.15, -0.1) is 11.3 Å². The molecule has 1 amide bonds. The Morgan fingerprint density at radius 1 is 1.44 bits per heavy atom. The molecule has 1 aromatic rings. The second kappa shape index (κ2) is 4.51. The molecule has 0 aromatic carbocycles. The molecule has 0 atom stereocenters. The lowest BCUT2D eigenvalue weighted by Crippen LogP contribution is -2.54. The molecule has 100 valence electrons. The van der Waals surface area contributed by atoms with Crippen LogP contribution >= 0.6 is 11.3 Å². The highest BCUT2D eigenvalue weighted by Gasteiger charge is 2.54. The van der Waals surface area contributed by atoms with Crippen molar-refractivity contribution >= 4 is 17.2 Å². The lowest BCUT2D eigenvalue weighted by Gasteiger charge is -2.38. The Morgan fingerprint density at radius 3 is 2.50 bits per heavy atom. The molecule has 0 aliphatic carbocycles. The third kappa shape index (κ3) is 2.35. The molecule has 0 spiro atoms. The number of hydrogen-bond acceptors (Lipinski definition) is 4. The van der Waals surface area contributed by atoms with Gasteiger partial charge in [-0.25, -0.2) is 4.98 Å². The standard InChI is InChI=1S/C10H11F3N2O2S/c11-10(12,13)9(17)1-3-15(4-2-9)8(16)7-5-18-6-14-7/h5-6,17H,1-4H2. The number of nitrogens with zero attached hydrogens (tertiary/aromatic N) is 2. The van der Waals surface area contributed by atoms with Crippen LogP contribution in [0.2, 0.25) is 0 Å². The zero-order chi connectivity index (χ0) is 13.4. The first-order valence-electron chi connectivity index (χ1n) is 5.30. The molecule has 1 aliphatic heterocycles. The zero-order valence-corrected chi connectivity index (χ0v) is 10.1. The van der Waals surface area contributed by atoms with Gasteiger partial charge in [0.1, 0.15) is 5.69 Å². The topological polar surface area (TPSA) is 53.4 Å². The number of alkyl halides is 3. The number of likely N-dealkylation sites (tertiary alicyclic amines) is 1. The molecule has 1 aliphatic rings. The molecule has 0 saturated carbocycles. The van der Waals surface area contributed by atoms with E-state index in [1.807, 2.05) is 0 Å². The van der Waals surface area contributed by atoms with Crippen LogP contribution in [-0.2, 0) is 0 Å². The van der Waals surface area contributed by atoms with Crippen LogP contribution in [0.25, 0.3) is 0 Å². The molecule has 18 heavy (non-hydrogen) atoms. The molecule has 1 fully saturated rings. The number of aliphatic hydroxyl groups is 1. The third-order valence-corrected chi connectivity index (χ3v) is 3.64. The lowest BCUT2D eigenvalue weighted by atomic mass is 9.90. The number of thiazole rings is 1. The van der Waals surface area contributed by atoms with Gasteiger partial charge in [-0.05, 0) is 0 Å². The second-order valence-electron chi connectivity index (χ2n) is 4.20. The van der Waals surface area contributed by atoms with Gasteiger partial charge in [0, 0.05) is 31.3 Å². The summed E-state index contributed by atoms with van der Waals surface area (Å²) in [5.41, 5.74) is -0.952. The van der Waals surface area contributed by atoms with E-state index in [9.17, 15) is 23.1 Å². The van der Waals surface area contributed by atoms with Gasteiger partial charge in [-0.1, -0.05) is 0 Å². The van der Waals surface area contributed by atoms with Gasteiger partial charge in [0.05, 0.1) is 5.51 Å². The summed E-state index contributed by atoms with van der Waals surface area (Å²) in [4.78, 5) is 16.9. The van der Waals surface area contributed by atoms with E-state index < -0.39 is 24.6 Å². The van der Waals surface area contributed by atoms with E-state index in [0.717, 1.165) is 0 Å². The maximum Gasteiger partial charge on any atom is 0.417 e. The van der Waals surface area contributed by atoms with Gasteiger partial charge < -0.3 is 10.0 Å². The predicted octanol–water partition coefficient (Wildman–Crippen LogP) is 1.67. The molecule has 8 heteroatoms. The SMILES string of the molecule is O=C(c1cscn1)N1CCC(O)(C(F)(F)F)CC1. The fourth-order valence-corrected chi connectivity index (χ4v) is 2.37. The average molecular weight is 280 g/mol. The number of hydrogen-bond donors (Lipinski definition) is 1. The smallest absolute Gasteiger partial charge is 0.380 e. The minimum atomic E-state index is -4.65. The Hall–Kier alpha value is -1.15. The summed E-state index contributed by atoms with van der Waals surface area (Å²) in [6.07, 6.45) is -5.64. The van der Waals surface area contributed by atoms with Gasteiger partial charge >= 0.3 is 6.18 Å². The van der Waals surface area contributed by atoms with Crippen LogP contribution in [0.4, 0.5) is 13.2 Å². The van der Waals surface area contributed by atoms with E-state index in [2.05, 4.69) is 4.98 Å². The summed E-state index contributed by atoms with van der Waals surface area (Å²) in [6, 6.07) is 0. The Labute approximate surface area is 105 Å². The number of halogens is 3. The Balaban J connectivity index is 2.01. The zero-order valence-electron chi connectivity index (χ0n) is 9.28. The molecule has 0 bridgehead atoms. The fourth-order valence-electron chi connectivity index (χ4n) is 1.84. The Kier molecular flexibility index (Phi) is 3.33. The third-order valence-electron chi connectivity index (χ3n) is 3.06. The number of amides is 1. The number of rotatable bonds is 1. The van der Waals surface area contributed by atoms with E-state index >= 15 is 0 Å². The van der Waals surface area contributed by atoms with Crippen molar-refractivity contribution in [1.82, 2.24) is 9.88 Å². The molecular weight excluding hydrogens is 269 g/mol. The maximum atomic E-state index is 12.6. The first-order chi connectivity index (χ1) is 8.33. The monoisotopic (exact) mass is 280 g/mol. The van der Waals surface area contributed by atoms with Crippen molar-refractivity contribution in [1.29, 1.82) is 0 Å². The normalized spacial score (nSPS) is 19.9. The van der Waals surface area contributed by atoms with E-state index in [4.69, 9.17) is 0 Å².